The maximum absolute atomic E-state index is 5.52. The van der Waals surface area contributed by atoms with Crippen LogP contribution in [0.25, 0.3) is 188 Å². The van der Waals surface area contributed by atoms with Crippen LogP contribution < -0.4 is 0 Å². The molecule has 0 aliphatic rings. The average molecular weight is 1270 g/mol. The molecular weight excluding hydrogens is 1210 g/mol. The predicted molar refractivity (Wildman–Crippen MR) is 417 cm³/mol. The van der Waals surface area contributed by atoms with E-state index < -0.39 is 0 Å². The minimum absolute atomic E-state index is 0.643. The van der Waals surface area contributed by atoms with Gasteiger partial charge < -0.3 is 18.3 Å². The van der Waals surface area contributed by atoms with Crippen molar-refractivity contribution in [2.75, 3.05) is 0 Å². The molecule has 0 aliphatic heterocycles. The molecule has 100 heavy (non-hydrogen) atoms. The van der Waals surface area contributed by atoms with E-state index in [9.17, 15) is 0 Å². The Kier molecular flexibility index (Phi) is 13.2. The van der Waals surface area contributed by atoms with Gasteiger partial charge in [-0.3, -0.25) is 0 Å². The predicted octanol–water partition coefficient (Wildman–Crippen LogP) is 24.5. The zero-order valence-corrected chi connectivity index (χ0v) is 54.3. The molecule has 6 heteroatoms. The minimum atomic E-state index is 0.643. The fourth-order valence-electron chi connectivity index (χ4n) is 15.7. The Balaban J connectivity index is 0.683. The fraction of sp³-hybridized carbons (Fsp3) is 0. The third-order valence-corrected chi connectivity index (χ3v) is 20.4. The second-order valence-electron chi connectivity index (χ2n) is 26.1. The molecule has 0 saturated carbocycles. The Hall–Kier alpha value is -13.4. The smallest absolute Gasteiger partial charge is 0.160 e. The van der Waals surface area contributed by atoms with Crippen LogP contribution in [0.4, 0.5) is 0 Å². The standard InChI is InChI=1S/C94H60N6/c1-5-21-61(22-6-1)69-53-70(62-23-7-2-8-24-62)55-71(54-69)85-60-84(63-37-45-74(46-38-63)99-88-35-19-15-31-78(88)82-58-67(43-51-92(82)99)65-41-49-90-80(56-65)76-29-13-17-33-86(76)97(90)72-25-9-3-10-26-72)95-94(96-85)64-39-47-75(48-40-64)100-89-36-20-16-32-79(89)83-59-68(44-52-93(83)100)66-42-50-91-81(57-66)77-30-14-18-34-87(77)98(91)73-27-11-4-12-28-73/h1-60H. The summed E-state index contributed by atoms with van der Waals surface area (Å²) in [4.78, 5) is 11.0. The molecule has 0 spiro atoms. The van der Waals surface area contributed by atoms with Gasteiger partial charge in [0.25, 0.3) is 0 Å². The van der Waals surface area contributed by atoms with Gasteiger partial charge in [-0.25, -0.2) is 9.97 Å². The van der Waals surface area contributed by atoms with Gasteiger partial charge in [0.2, 0.25) is 0 Å². The lowest BCUT2D eigenvalue weighted by Crippen LogP contribution is -1.98. The van der Waals surface area contributed by atoms with Gasteiger partial charge in [-0.1, -0.05) is 206 Å². The van der Waals surface area contributed by atoms with Gasteiger partial charge in [-0.15, -0.1) is 0 Å². The average Bonchev–Trinajstić information content (AvgIpc) is 1.60. The molecule has 5 heterocycles. The summed E-state index contributed by atoms with van der Waals surface area (Å²) >= 11 is 0. The van der Waals surface area contributed by atoms with E-state index in [-0.39, 0.29) is 0 Å². The minimum Gasteiger partial charge on any atom is -0.309 e. The van der Waals surface area contributed by atoms with Crippen LogP contribution in [0.1, 0.15) is 0 Å². The van der Waals surface area contributed by atoms with Crippen molar-refractivity contribution < 1.29 is 0 Å². The second kappa shape index (κ2) is 23.2. The summed E-state index contributed by atoms with van der Waals surface area (Å²) < 4.78 is 9.54. The van der Waals surface area contributed by atoms with E-state index in [1.165, 1.54) is 87.4 Å². The molecular formula is C94H60N6. The molecule has 0 bridgehead atoms. The summed E-state index contributed by atoms with van der Waals surface area (Å²) in [5.41, 5.74) is 27.6. The van der Waals surface area contributed by atoms with Crippen molar-refractivity contribution in [2.45, 2.75) is 0 Å². The number of benzene rings is 15. The van der Waals surface area contributed by atoms with Gasteiger partial charge in [0.05, 0.1) is 55.5 Å². The van der Waals surface area contributed by atoms with Crippen molar-refractivity contribution >= 4 is 87.2 Å². The highest BCUT2D eigenvalue weighted by atomic mass is 15.0. The van der Waals surface area contributed by atoms with Crippen LogP contribution in [0.3, 0.4) is 0 Å². The van der Waals surface area contributed by atoms with Crippen molar-refractivity contribution in [1.82, 2.24) is 28.2 Å². The van der Waals surface area contributed by atoms with Crippen LogP contribution in [-0.2, 0) is 0 Å². The van der Waals surface area contributed by atoms with Gasteiger partial charge in [-0.05, 0) is 202 Å². The van der Waals surface area contributed by atoms with Crippen LogP contribution in [0.15, 0.2) is 364 Å². The summed E-state index contributed by atoms with van der Waals surface area (Å²) in [6, 6.07) is 132. The van der Waals surface area contributed by atoms with Gasteiger partial charge in [0, 0.05) is 82.5 Å². The zero-order valence-electron chi connectivity index (χ0n) is 54.3. The van der Waals surface area contributed by atoms with Gasteiger partial charge in [-0.2, -0.15) is 0 Å². The Morgan fingerprint density at radius 3 is 0.760 bits per heavy atom. The molecule has 6 nitrogen and oxygen atoms in total. The number of nitrogens with zero attached hydrogens (tertiary/aromatic N) is 6. The maximum Gasteiger partial charge on any atom is 0.160 e. The van der Waals surface area contributed by atoms with E-state index in [4.69, 9.17) is 9.97 Å². The summed E-state index contributed by atoms with van der Waals surface area (Å²) in [6.07, 6.45) is 0. The van der Waals surface area contributed by atoms with Crippen LogP contribution in [0.5, 0.6) is 0 Å². The highest BCUT2D eigenvalue weighted by Gasteiger charge is 2.21. The maximum atomic E-state index is 5.52. The number of rotatable bonds is 11. The lowest BCUT2D eigenvalue weighted by molar-refractivity contribution is 1.16. The summed E-state index contributed by atoms with van der Waals surface area (Å²) in [7, 11) is 0. The lowest BCUT2D eigenvalue weighted by atomic mass is 9.94. The Bertz CT molecular complexity index is 6200. The van der Waals surface area contributed by atoms with Crippen molar-refractivity contribution in [3.8, 4) is 101 Å². The highest BCUT2D eigenvalue weighted by Crippen LogP contribution is 2.43. The first-order valence-corrected chi connectivity index (χ1v) is 34.2. The molecule has 0 aliphatic carbocycles. The molecule has 466 valence electrons. The largest absolute Gasteiger partial charge is 0.309 e. The molecule has 15 aromatic carbocycles. The quantitative estimate of drug-likeness (QED) is 0.130. The number of para-hydroxylation sites is 6. The lowest BCUT2D eigenvalue weighted by Gasteiger charge is -2.14. The molecule has 20 rings (SSSR count). The van der Waals surface area contributed by atoms with E-state index in [2.05, 4.69) is 382 Å². The number of fused-ring (bicyclic) bond motifs is 12. The second-order valence-corrected chi connectivity index (χ2v) is 26.1. The fourth-order valence-corrected chi connectivity index (χ4v) is 15.7. The molecule has 20 aromatic rings. The zero-order chi connectivity index (χ0) is 65.8. The van der Waals surface area contributed by atoms with Gasteiger partial charge >= 0.3 is 0 Å². The molecule has 0 atom stereocenters. The topological polar surface area (TPSA) is 45.5 Å². The summed E-state index contributed by atoms with van der Waals surface area (Å²) in [6.45, 7) is 0. The van der Waals surface area contributed by atoms with Crippen LogP contribution in [-0.4, -0.2) is 28.2 Å². The summed E-state index contributed by atoms with van der Waals surface area (Å²) in [5.74, 6) is 0.643. The van der Waals surface area contributed by atoms with Crippen LogP contribution in [0.2, 0.25) is 0 Å². The van der Waals surface area contributed by atoms with E-state index in [0.717, 1.165) is 95.1 Å². The third kappa shape index (κ3) is 9.41. The summed E-state index contributed by atoms with van der Waals surface area (Å²) in [5, 5.41) is 9.75. The van der Waals surface area contributed by atoms with Gasteiger partial charge in [0.1, 0.15) is 0 Å². The Labute approximate surface area is 577 Å². The van der Waals surface area contributed by atoms with Crippen molar-refractivity contribution in [3.05, 3.63) is 364 Å². The van der Waals surface area contributed by atoms with Crippen molar-refractivity contribution in [3.63, 3.8) is 0 Å². The molecule has 0 amide bonds. The SMILES string of the molecule is c1ccc(-c2cc(-c3ccccc3)cc(-c3cc(-c4ccc(-n5c6ccccc6c6cc(-c7ccc8c(c7)c7ccccc7n8-c7ccccc7)ccc65)cc4)nc(-c4ccc(-n5c6ccccc6c6cc(-c7ccc8c(c7)c7ccccc7n8-c7ccccc7)ccc65)cc4)n3)c2)cc1. The molecule has 5 aromatic heterocycles. The molecule has 0 N–H and O–H groups in total. The van der Waals surface area contributed by atoms with Crippen LogP contribution in [0, 0.1) is 0 Å². The van der Waals surface area contributed by atoms with E-state index in [0.29, 0.717) is 5.82 Å². The van der Waals surface area contributed by atoms with Gasteiger partial charge in [0.15, 0.2) is 5.82 Å². The number of hydrogen-bond donors (Lipinski definition) is 0. The van der Waals surface area contributed by atoms with Crippen LogP contribution >= 0.6 is 0 Å². The normalized spacial score (nSPS) is 11.8. The Morgan fingerprint density at radius 2 is 0.410 bits per heavy atom. The number of hydrogen-bond acceptors (Lipinski definition) is 2. The van der Waals surface area contributed by atoms with Crippen molar-refractivity contribution in [2.24, 2.45) is 0 Å². The number of aromatic nitrogens is 6. The Morgan fingerprint density at radius 1 is 0.150 bits per heavy atom. The highest BCUT2D eigenvalue weighted by molar-refractivity contribution is 6.15. The first-order chi connectivity index (χ1) is 49.6. The van der Waals surface area contributed by atoms with E-state index in [1.54, 1.807) is 0 Å². The van der Waals surface area contributed by atoms with E-state index >= 15 is 0 Å². The van der Waals surface area contributed by atoms with Crippen molar-refractivity contribution in [1.29, 1.82) is 0 Å². The molecule has 0 radical (unpaired) electrons. The molecule has 0 fully saturated rings. The first kappa shape index (κ1) is 56.9. The first-order valence-electron chi connectivity index (χ1n) is 34.2. The molecule has 0 saturated heterocycles. The monoisotopic (exact) mass is 1270 g/mol. The molecule has 0 unspecified atom stereocenters. The van der Waals surface area contributed by atoms with E-state index in [1.807, 2.05) is 0 Å². The third-order valence-electron chi connectivity index (χ3n) is 20.4.